The van der Waals surface area contributed by atoms with Crippen LogP contribution < -0.4 is 4.90 Å². The Labute approximate surface area is 132 Å². The number of carbonyl (C=O) groups excluding carboxylic acids is 1. The summed E-state index contributed by atoms with van der Waals surface area (Å²) in [6.45, 7) is 5.66. The predicted octanol–water partition coefficient (Wildman–Crippen LogP) is 0.918. The molecule has 0 aromatic carbocycles. The molecule has 0 saturated carbocycles. The zero-order valence-electron chi connectivity index (χ0n) is 13.7. The van der Waals surface area contributed by atoms with Crippen molar-refractivity contribution in [2.75, 3.05) is 45.2 Å². The molecule has 1 spiro atoms. The Bertz CT molecular complexity index is 563. The second kappa shape index (κ2) is 5.83. The molecule has 2 aliphatic rings. The van der Waals surface area contributed by atoms with Crippen LogP contribution in [0.4, 0.5) is 5.82 Å². The first-order valence-corrected chi connectivity index (χ1v) is 8.00. The summed E-state index contributed by atoms with van der Waals surface area (Å²) in [6, 6.07) is 1.99. The van der Waals surface area contributed by atoms with Crippen LogP contribution in [0, 0.1) is 6.92 Å². The molecule has 0 bridgehead atoms. The van der Waals surface area contributed by atoms with Crippen molar-refractivity contribution in [2.24, 2.45) is 0 Å². The number of aromatic nitrogens is 2. The minimum atomic E-state index is 0.0670. The largest absolute Gasteiger partial charge is 0.353 e. The summed E-state index contributed by atoms with van der Waals surface area (Å²) >= 11 is 0. The third-order valence-electron chi connectivity index (χ3n) is 5.23. The second-order valence-corrected chi connectivity index (χ2v) is 6.59. The van der Waals surface area contributed by atoms with Gasteiger partial charge in [0.25, 0.3) is 0 Å². The van der Waals surface area contributed by atoms with Gasteiger partial charge in [-0.2, -0.15) is 0 Å². The van der Waals surface area contributed by atoms with Gasteiger partial charge >= 0.3 is 0 Å². The van der Waals surface area contributed by atoms with Gasteiger partial charge in [-0.15, -0.1) is 0 Å². The third kappa shape index (κ3) is 2.79. The number of likely N-dealkylation sites (tertiary alicyclic amines) is 1. The fraction of sp³-hybridized carbons (Fsp3) is 0.688. The van der Waals surface area contributed by atoms with E-state index in [1.165, 1.54) is 0 Å². The molecule has 1 aromatic rings. The summed E-state index contributed by atoms with van der Waals surface area (Å²) in [5, 5.41) is 0. The molecular weight excluding hydrogens is 278 g/mol. The van der Waals surface area contributed by atoms with Crippen LogP contribution in [0.3, 0.4) is 0 Å². The monoisotopic (exact) mass is 303 g/mol. The van der Waals surface area contributed by atoms with E-state index in [0.29, 0.717) is 6.42 Å². The summed E-state index contributed by atoms with van der Waals surface area (Å²) in [6.07, 6.45) is 4.41. The van der Waals surface area contributed by atoms with Crippen molar-refractivity contribution in [2.45, 2.75) is 31.7 Å². The molecule has 1 amide bonds. The number of anilines is 1. The summed E-state index contributed by atoms with van der Waals surface area (Å²) in [5.41, 5.74) is 0.0670. The van der Waals surface area contributed by atoms with Crippen LogP contribution in [0.15, 0.2) is 12.3 Å². The van der Waals surface area contributed by atoms with Crippen molar-refractivity contribution in [3.63, 3.8) is 0 Å². The maximum absolute atomic E-state index is 12.0. The quantitative estimate of drug-likeness (QED) is 0.772. The molecule has 6 heteroatoms. The van der Waals surface area contributed by atoms with Crippen molar-refractivity contribution >= 4 is 11.7 Å². The number of amides is 1. The van der Waals surface area contributed by atoms with E-state index in [4.69, 9.17) is 0 Å². The lowest BCUT2D eigenvalue weighted by Gasteiger charge is -2.49. The first-order chi connectivity index (χ1) is 10.5. The van der Waals surface area contributed by atoms with Crippen LogP contribution in [0.25, 0.3) is 0 Å². The highest BCUT2D eigenvalue weighted by atomic mass is 16.2. The van der Waals surface area contributed by atoms with Crippen LogP contribution in [-0.2, 0) is 4.79 Å². The Morgan fingerprint density at radius 1 is 1.18 bits per heavy atom. The van der Waals surface area contributed by atoms with Gasteiger partial charge in [0.2, 0.25) is 5.91 Å². The summed E-state index contributed by atoms with van der Waals surface area (Å²) in [4.78, 5) is 27.4. The number of piperazine rings is 1. The van der Waals surface area contributed by atoms with Gasteiger partial charge in [0.15, 0.2) is 0 Å². The van der Waals surface area contributed by atoms with Gasteiger partial charge in [-0.3, -0.25) is 9.69 Å². The minimum absolute atomic E-state index is 0.0670. The lowest BCUT2D eigenvalue weighted by molar-refractivity contribution is -0.129. The normalized spacial score (nSPS) is 27.3. The van der Waals surface area contributed by atoms with Crippen LogP contribution in [0.2, 0.25) is 0 Å². The first-order valence-electron chi connectivity index (χ1n) is 8.00. The van der Waals surface area contributed by atoms with Crippen molar-refractivity contribution in [1.82, 2.24) is 19.8 Å². The van der Waals surface area contributed by atoms with E-state index in [2.05, 4.69) is 26.8 Å². The van der Waals surface area contributed by atoms with E-state index in [1.54, 1.807) is 0 Å². The van der Waals surface area contributed by atoms with E-state index in [-0.39, 0.29) is 11.4 Å². The number of rotatable bonds is 1. The topological polar surface area (TPSA) is 52.6 Å². The van der Waals surface area contributed by atoms with Crippen molar-refractivity contribution < 1.29 is 4.79 Å². The molecule has 3 rings (SSSR count). The number of nitrogens with zero attached hydrogens (tertiary/aromatic N) is 5. The molecule has 1 atom stereocenters. The van der Waals surface area contributed by atoms with Gasteiger partial charge in [0.1, 0.15) is 11.6 Å². The predicted molar refractivity (Wildman–Crippen MR) is 85.8 cm³/mol. The van der Waals surface area contributed by atoms with Crippen molar-refractivity contribution in [3.05, 3.63) is 18.1 Å². The first kappa shape index (κ1) is 15.2. The molecule has 0 N–H and O–H groups in total. The maximum Gasteiger partial charge on any atom is 0.222 e. The summed E-state index contributed by atoms with van der Waals surface area (Å²) < 4.78 is 0. The van der Waals surface area contributed by atoms with Gasteiger partial charge in [0.05, 0.1) is 0 Å². The molecule has 6 nitrogen and oxygen atoms in total. The Balaban J connectivity index is 1.83. The van der Waals surface area contributed by atoms with Crippen LogP contribution in [-0.4, -0.2) is 71.5 Å². The zero-order chi connectivity index (χ0) is 15.7. The van der Waals surface area contributed by atoms with Gasteiger partial charge in [-0.05, 0) is 32.9 Å². The molecule has 2 aliphatic heterocycles. The average Bonchev–Trinajstić information content (AvgIpc) is 2.65. The molecule has 0 aliphatic carbocycles. The SMILES string of the molecule is Cc1nccc(N2CCN(C)[C@@]3(CCC(=O)N(C)CC3)C2)n1. The van der Waals surface area contributed by atoms with E-state index in [0.717, 1.165) is 50.7 Å². The molecule has 2 fully saturated rings. The number of hydrogen-bond acceptors (Lipinski definition) is 5. The van der Waals surface area contributed by atoms with Crippen LogP contribution in [0.1, 0.15) is 25.1 Å². The molecule has 1 aromatic heterocycles. The van der Waals surface area contributed by atoms with Crippen molar-refractivity contribution in [3.8, 4) is 0 Å². The Hall–Kier alpha value is -1.69. The molecule has 2 saturated heterocycles. The summed E-state index contributed by atoms with van der Waals surface area (Å²) in [7, 11) is 4.11. The average molecular weight is 303 g/mol. The van der Waals surface area contributed by atoms with Gasteiger partial charge < -0.3 is 9.80 Å². The van der Waals surface area contributed by atoms with Crippen LogP contribution in [0.5, 0.6) is 0 Å². The second-order valence-electron chi connectivity index (χ2n) is 6.59. The van der Waals surface area contributed by atoms with E-state index >= 15 is 0 Å². The molecule has 22 heavy (non-hydrogen) atoms. The van der Waals surface area contributed by atoms with Gasteiger partial charge in [-0.25, -0.2) is 9.97 Å². The number of aryl methyl sites for hydroxylation is 1. The molecular formula is C16H25N5O. The highest BCUT2D eigenvalue weighted by Crippen LogP contribution is 2.33. The Morgan fingerprint density at radius 2 is 2.00 bits per heavy atom. The molecule has 0 radical (unpaired) electrons. The van der Waals surface area contributed by atoms with E-state index in [9.17, 15) is 4.79 Å². The highest BCUT2D eigenvalue weighted by Gasteiger charge is 2.42. The lowest BCUT2D eigenvalue weighted by atomic mass is 9.86. The maximum atomic E-state index is 12.0. The van der Waals surface area contributed by atoms with Gasteiger partial charge in [-0.1, -0.05) is 0 Å². The summed E-state index contributed by atoms with van der Waals surface area (Å²) in [5.74, 6) is 2.07. The van der Waals surface area contributed by atoms with E-state index < -0.39 is 0 Å². The third-order valence-corrected chi connectivity index (χ3v) is 5.23. The van der Waals surface area contributed by atoms with Crippen molar-refractivity contribution in [1.29, 1.82) is 0 Å². The fourth-order valence-electron chi connectivity index (χ4n) is 3.57. The smallest absolute Gasteiger partial charge is 0.222 e. The van der Waals surface area contributed by atoms with E-state index in [1.807, 2.05) is 31.1 Å². The zero-order valence-corrected chi connectivity index (χ0v) is 13.7. The Morgan fingerprint density at radius 3 is 2.77 bits per heavy atom. The van der Waals surface area contributed by atoms with Gasteiger partial charge in [0, 0.05) is 51.4 Å². The number of likely N-dealkylation sites (N-methyl/N-ethyl adjacent to an activating group) is 1. The Kier molecular flexibility index (Phi) is 4.04. The molecule has 3 heterocycles. The fourth-order valence-corrected chi connectivity index (χ4v) is 3.57. The number of hydrogen-bond donors (Lipinski definition) is 0. The lowest BCUT2D eigenvalue weighted by Crippen LogP contribution is -2.61. The molecule has 120 valence electrons. The highest BCUT2D eigenvalue weighted by molar-refractivity contribution is 5.76. The molecule has 0 unspecified atom stereocenters. The standard InChI is InChI=1S/C16H25N5O/c1-13-17-8-5-14(18-13)21-11-10-20(3)16(12-21)6-4-15(22)19(2)9-7-16/h5,8H,4,6-7,9-12H2,1-3H3/t16-/m1/s1. The minimum Gasteiger partial charge on any atom is -0.353 e. The van der Waals surface area contributed by atoms with Crippen LogP contribution >= 0.6 is 0 Å². The number of carbonyl (C=O) groups is 1.